The third-order valence-electron chi connectivity index (χ3n) is 3.75. The maximum Gasteiger partial charge on any atom is 0.251 e. The van der Waals surface area contributed by atoms with Gasteiger partial charge in [0.1, 0.15) is 0 Å². The molecule has 0 aliphatic heterocycles. The molecule has 140 valence electrons. The van der Waals surface area contributed by atoms with Crippen LogP contribution in [-0.4, -0.2) is 20.6 Å². The van der Waals surface area contributed by atoms with Gasteiger partial charge in [0, 0.05) is 11.3 Å². The Bertz CT molecular complexity index is 856. The monoisotopic (exact) mass is 374 g/mol. The Kier molecular flexibility index (Phi) is 6.08. The number of hydrogen-bond acceptors (Lipinski definition) is 3. The lowest BCUT2D eigenvalue weighted by Gasteiger charge is -2.27. The highest BCUT2D eigenvalue weighted by atomic mass is 32.2. The van der Waals surface area contributed by atoms with Gasteiger partial charge in [-0.3, -0.25) is 9.52 Å². The van der Waals surface area contributed by atoms with Crippen molar-refractivity contribution < 1.29 is 13.2 Å². The van der Waals surface area contributed by atoms with Crippen LogP contribution < -0.4 is 10.0 Å². The van der Waals surface area contributed by atoms with Crippen molar-refractivity contribution in [2.75, 3.05) is 11.0 Å². The normalized spacial score (nSPS) is 13.1. The lowest BCUT2D eigenvalue weighted by molar-refractivity contribution is 0.0926. The van der Waals surface area contributed by atoms with Crippen LogP contribution in [0.25, 0.3) is 0 Å². The van der Waals surface area contributed by atoms with Gasteiger partial charge in [0.15, 0.2) is 0 Å². The number of carbonyl (C=O) groups is 1. The Labute approximate surface area is 155 Å². The van der Waals surface area contributed by atoms with Crippen molar-refractivity contribution >= 4 is 21.6 Å². The maximum atomic E-state index is 12.7. The first-order chi connectivity index (χ1) is 12.0. The fourth-order valence-electron chi connectivity index (χ4n) is 2.73. The summed E-state index contributed by atoms with van der Waals surface area (Å²) < 4.78 is 25.2. The predicted octanol–water partition coefficient (Wildman–Crippen LogP) is 3.97. The van der Waals surface area contributed by atoms with Crippen LogP contribution in [0.3, 0.4) is 0 Å². The van der Waals surface area contributed by atoms with Crippen molar-refractivity contribution in [1.29, 1.82) is 0 Å². The number of amides is 1. The molecular weight excluding hydrogens is 348 g/mol. The molecule has 0 aromatic heterocycles. The summed E-state index contributed by atoms with van der Waals surface area (Å²) in [5.74, 6) is -0.236. The predicted molar refractivity (Wildman–Crippen MR) is 106 cm³/mol. The average molecular weight is 375 g/mol. The number of rotatable bonds is 6. The van der Waals surface area contributed by atoms with E-state index in [2.05, 4.69) is 30.8 Å². The smallest absolute Gasteiger partial charge is 0.251 e. The molecule has 1 amide bonds. The van der Waals surface area contributed by atoms with Crippen molar-refractivity contribution in [3.63, 3.8) is 0 Å². The fraction of sp³-hybridized carbons (Fsp3) is 0.350. The van der Waals surface area contributed by atoms with Crippen LogP contribution in [0, 0.1) is 5.41 Å². The van der Waals surface area contributed by atoms with Crippen molar-refractivity contribution in [1.82, 2.24) is 5.32 Å². The topological polar surface area (TPSA) is 75.3 Å². The van der Waals surface area contributed by atoms with E-state index in [1.165, 1.54) is 6.07 Å². The SMILES string of the molecule is CC(C)(C)CC(NC(=O)c1cccc(NS(C)(=O)=O)c1)c1ccccc1. The number of anilines is 1. The van der Waals surface area contributed by atoms with Gasteiger partial charge in [-0.05, 0) is 35.6 Å². The van der Waals surface area contributed by atoms with E-state index in [1.807, 2.05) is 30.3 Å². The largest absolute Gasteiger partial charge is 0.345 e. The van der Waals surface area contributed by atoms with Gasteiger partial charge in [-0.2, -0.15) is 0 Å². The van der Waals surface area contributed by atoms with Crippen LogP contribution in [0.2, 0.25) is 0 Å². The number of carbonyl (C=O) groups excluding carboxylic acids is 1. The number of nitrogens with one attached hydrogen (secondary N) is 2. The molecule has 0 saturated heterocycles. The van der Waals surface area contributed by atoms with Crippen molar-refractivity contribution in [2.24, 2.45) is 5.41 Å². The lowest BCUT2D eigenvalue weighted by Crippen LogP contribution is -2.31. The molecule has 0 aliphatic carbocycles. The van der Waals surface area contributed by atoms with Crippen LogP contribution >= 0.6 is 0 Å². The molecule has 0 spiro atoms. The number of sulfonamides is 1. The highest BCUT2D eigenvalue weighted by molar-refractivity contribution is 7.92. The minimum atomic E-state index is -3.39. The highest BCUT2D eigenvalue weighted by Gasteiger charge is 2.22. The minimum Gasteiger partial charge on any atom is -0.345 e. The van der Waals surface area contributed by atoms with Gasteiger partial charge in [-0.15, -0.1) is 0 Å². The molecule has 2 aromatic carbocycles. The zero-order chi connectivity index (χ0) is 19.4. The molecule has 2 aromatic rings. The average Bonchev–Trinajstić information content (AvgIpc) is 2.52. The van der Waals surface area contributed by atoms with Crippen LogP contribution in [0.1, 0.15) is 49.2 Å². The molecule has 0 saturated carbocycles. The number of benzene rings is 2. The quantitative estimate of drug-likeness (QED) is 0.803. The van der Waals surface area contributed by atoms with Crippen molar-refractivity contribution in [2.45, 2.75) is 33.2 Å². The van der Waals surface area contributed by atoms with E-state index in [4.69, 9.17) is 0 Å². The molecule has 0 heterocycles. The second-order valence-electron chi connectivity index (χ2n) is 7.66. The third kappa shape index (κ3) is 6.52. The van der Waals surface area contributed by atoms with Gasteiger partial charge in [0.25, 0.3) is 5.91 Å². The van der Waals surface area contributed by atoms with E-state index in [-0.39, 0.29) is 17.4 Å². The fourth-order valence-corrected chi connectivity index (χ4v) is 3.28. The second kappa shape index (κ2) is 7.91. The van der Waals surface area contributed by atoms with Crippen LogP contribution in [0.15, 0.2) is 54.6 Å². The molecular formula is C20H26N2O3S. The van der Waals surface area contributed by atoms with E-state index < -0.39 is 10.0 Å². The van der Waals surface area contributed by atoms with Crippen molar-refractivity contribution in [3.05, 3.63) is 65.7 Å². The molecule has 0 fully saturated rings. The second-order valence-corrected chi connectivity index (χ2v) is 9.41. The van der Waals surface area contributed by atoms with Crippen LogP contribution in [0.5, 0.6) is 0 Å². The Morgan fingerprint density at radius 3 is 2.27 bits per heavy atom. The standard InChI is InChI=1S/C20H26N2O3S/c1-20(2,3)14-18(15-9-6-5-7-10-15)21-19(23)16-11-8-12-17(13-16)22-26(4,24)25/h5-13,18,22H,14H2,1-4H3,(H,21,23). The Morgan fingerprint density at radius 2 is 1.69 bits per heavy atom. The summed E-state index contributed by atoms with van der Waals surface area (Å²) in [7, 11) is -3.39. The number of hydrogen-bond donors (Lipinski definition) is 2. The lowest BCUT2D eigenvalue weighted by atomic mass is 9.85. The van der Waals surface area contributed by atoms with Crippen LogP contribution in [-0.2, 0) is 10.0 Å². The highest BCUT2D eigenvalue weighted by Crippen LogP contribution is 2.29. The third-order valence-corrected chi connectivity index (χ3v) is 4.36. The zero-order valence-electron chi connectivity index (χ0n) is 15.6. The molecule has 6 heteroatoms. The minimum absolute atomic E-state index is 0.0352. The molecule has 1 unspecified atom stereocenters. The summed E-state index contributed by atoms with van der Waals surface area (Å²) in [6.45, 7) is 6.39. The van der Waals surface area contributed by atoms with Gasteiger partial charge in [-0.1, -0.05) is 57.2 Å². The van der Waals surface area contributed by atoms with E-state index in [0.29, 0.717) is 11.3 Å². The Hall–Kier alpha value is -2.34. The van der Waals surface area contributed by atoms with Gasteiger partial charge >= 0.3 is 0 Å². The van der Waals surface area contributed by atoms with E-state index in [9.17, 15) is 13.2 Å². The first-order valence-corrected chi connectivity index (χ1v) is 10.4. The summed E-state index contributed by atoms with van der Waals surface area (Å²) in [5.41, 5.74) is 1.86. The van der Waals surface area contributed by atoms with Gasteiger partial charge in [-0.25, -0.2) is 8.42 Å². The van der Waals surface area contributed by atoms with Crippen molar-refractivity contribution in [3.8, 4) is 0 Å². The molecule has 1 atom stereocenters. The molecule has 5 nitrogen and oxygen atoms in total. The van der Waals surface area contributed by atoms with Gasteiger partial charge < -0.3 is 5.32 Å². The van der Waals surface area contributed by atoms with E-state index in [1.54, 1.807) is 18.2 Å². The summed E-state index contributed by atoms with van der Waals surface area (Å²) >= 11 is 0. The zero-order valence-corrected chi connectivity index (χ0v) is 16.4. The Morgan fingerprint density at radius 1 is 1.04 bits per heavy atom. The van der Waals surface area contributed by atoms with Gasteiger partial charge in [0.05, 0.1) is 12.3 Å². The summed E-state index contributed by atoms with van der Waals surface area (Å²) in [5, 5.41) is 3.08. The van der Waals surface area contributed by atoms with E-state index >= 15 is 0 Å². The molecule has 0 bridgehead atoms. The molecule has 26 heavy (non-hydrogen) atoms. The van der Waals surface area contributed by atoms with Crippen LogP contribution in [0.4, 0.5) is 5.69 Å². The van der Waals surface area contributed by atoms with E-state index in [0.717, 1.165) is 18.2 Å². The maximum absolute atomic E-state index is 12.7. The molecule has 0 radical (unpaired) electrons. The molecule has 0 aliphatic rings. The molecule has 2 N–H and O–H groups in total. The first-order valence-electron chi connectivity index (χ1n) is 8.47. The Balaban J connectivity index is 2.23. The summed E-state index contributed by atoms with van der Waals surface area (Å²) in [6.07, 6.45) is 1.86. The first kappa shape index (κ1) is 20.0. The van der Waals surface area contributed by atoms with Gasteiger partial charge in [0.2, 0.25) is 10.0 Å². The summed E-state index contributed by atoms with van der Waals surface area (Å²) in [6, 6.07) is 16.2. The summed E-state index contributed by atoms with van der Waals surface area (Å²) in [4.78, 5) is 12.7. The molecule has 2 rings (SSSR count).